The van der Waals surface area contributed by atoms with Crippen molar-refractivity contribution >= 4 is 35.1 Å². The fourth-order valence-corrected chi connectivity index (χ4v) is 3.56. The van der Waals surface area contributed by atoms with Crippen LogP contribution in [0.15, 0.2) is 66.7 Å². The molecule has 0 aliphatic carbocycles. The number of carbonyl (C=O) groups excluding carboxylic acids is 4. The summed E-state index contributed by atoms with van der Waals surface area (Å²) in [5.74, 6) is -0.656. The van der Waals surface area contributed by atoms with Crippen molar-refractivity contribution in [3.63, 3.8) is 0 Å². The maximum absolute atomic E-state index is 12.2. The molecule has 0 spiro atoms. The number of benzene rings is 3. The van der Waals surface area contributed by atoms with Crippen LogP contribution in [0.3, 0.4) is 0 Å². The molecule has 0 aliphatic rings. The van der Waals surface area contributed by atoms with Crippen LogP contribution in [0.4, 0.5) is 11.4 Å². The summed E-state index contributed by atoms with van der Waals surface area (Å²) in [6, 6.07) is 19.0. The maximum Gasteiger partial charge on any atom is 0.338 e. The average Bonchev–Trinajstić information content (AvgIpc) is 2.90. The highest BCUT2D eigenvalue weighted by Gasteiger charge is 2.12. The first-order valence-electron chi connectivity index (χ1n) is 12.6. The fourth-order valence-electron chi connectivity index (χ4n) is 3.56. The van der Waals surface area contributed by atoms with Gasteiger partial charge < -0.3 is 24.8 Å². The summed E-state index contributed by atoms with van der Waals surface area (Å²) in [5.41, 5.74) is 3.57. The Bertz CT molecular complexity index is 1280. The number of aryl methyl sites for hydroxylation is 2. The molecular weight excluding hydrogens is 500 g/mol. The van der Waals surface area contributed by atoms with Crippen LogP contribution in [0.1, 0.15) is 47.7 Å². The van der Waals surface area contributed by atoms with Gasteiger partial charge in [-0.05, 0) is 92.1 Å². The van der Waals surface area contributed by atoms with Crippen molar-refractivity contribution < 1.29 is 33.4 Å². The number of ether oxygens (including phenoxy) is 3. The highest BCUT2D eigenvalue weighted by atomic mass is 16.5. The molecule has 0 saturated carbocycles. The first-order chi connectivity index (χ1) is 18.7. The van der Waals surface area contributed by atoms with Gasteiger partial charge in [-0.3, -0.25) is 14.4 Å². The minimum absolute atomic E-state index is 0.100. The second-order valence-corrected chi connectivity index (χ2v) is 8.92. The van der Waals surface area contributed by atoms with Crippen molar-refractivity contribution in [1.29, 1.82) is 0 Å². The second-order valence-electron chi connectivity index (χ2n) is 8.92. The molecule has 9 nitrogen and oxygen atoms in total. The zero-order valence-corrected chi connectivity index (χ0v) is 22.2. The highest BCUT2D eigenvalue weighted by Crippen LogP contribution is 2.25. The van der Waals surface area contributed by atoms with Crippen molar-refractivity contribution in [3.05, 3.63) is 83.4 Å². The van der Waals surface area contributed by atoms with Gasteiger partial charge in [0.25, 0.3) is 5.91 Å². The van der Waals surface area contributed by atoms with Crippen molar-refractivity contribution in [2.24, 2.45) is 0 Å². The molecule has 0 saturated heterocycles. The first kappa shape index (κ1) is 28.9. The highest BCUT2D eigenvalue weighted by molar-refractivity contribution is 5.95. The topological polar surface area (TPSA) is 120 Å². The SMILES string of the molecule is CCCOC(=O)c1ccc(NC(=O)COC(=O)CCC(=O)Nc2ccc(Oc3cc(C)cc(C)c3)cc2)cc1. The fraction of sp³-hybridized carbons (Fsp3) is 0.267. The van der Waals surface area contributed by atoms with Crippen molar-refractivity contribution in [2.45, 2.75) is 40.0 Å². The second kappa shape index (κ2) is 14.3. The van der Waals surface area contributed by atoms with E-state index >= 15 is 0 Å². The Kier molecular flexibility index (Phi) is 10.6. The molecule has 39 heavy (non-hydrogen) atoms. The third-order valence-electron chi connectivity index (χ3n) is 5.33. The Balaban J connectivity index is 1.35. The maximum atomic E-state index is 12.2. The molecule has 204 valence electrons. The number of hydrogen-bond acceptors (Lipinski definition) is 7. The smallest absolute Gasteiger partial charge is 0.338 e. The van der Waals surface area contributed by atoms with E-state index in [0.29, 0.717) is 29.3 Å². The Morgan fingerprint density at radius 3 is 1.90 bits per heavy atom. The summed E-state index contributed by atoms with van der Waals surface area (Å²) in [6.07, 6.45) is 0.445. The summed E-state index contributed by atoms with van der Waals surface area (Å²) < 4.78 is 15.9. The molecular formula is C30H32N2O7. The Morgan fingerprint density at radius 1 is 0.692 bits per heavy atom. The molecule has 9 heteroatoms. The number of rotatable bonds is 12. The summed E-state index contributed by atoms with van der Waals surface area (Å²) in [4.78, 5) is 48.1. The minimum atomic E-state index is -0.675. The monoisotopic (exact) mass is 532 g/mol. The van der Waals surface area contributed by atoms with E-state index in [1.165, 1.54) is 12.1 Å². The molecule has 0 unspecified atom stereocenters. The number of amides is 2. The van der Waals surface area contributed by atoms with E-state index in [9.17, 15) is 19.2 Å². The number of carbonyl (C=O) groups is 4. The molecule has 0 aliphatic heterocycles. The van der Waals surface area contributed by atoms with E-state index < -0.39 is 24.5 Å². The van der Waals surface area contributed by atoms with Gasteiger partial charge in [-0.1, -0.05) is 13.0 Å². The van der Waals surface area contributed by atoms with Gasteiger partial charge in [0.15, 0.2) is 6.61 Å². The predicted octanol–water partition coefficient (Wildman–Crippen LogP) is 5.56. The van der Waals surface area contributed by atoms with Crippen LogP contribution in [0.2, 0.25) is 0 Å². The molecule has 0 aromatic heterocycles. The zero-order chi connectivity index (χ0) is 28.2. The van der Waals surface area contributed by atoms with E-state index in [2.05, 4.69) is 16.7 Å². The standard InChI is InChI=1S/C30H32N2O7/c1-4-15-37-30(36)22-5-7-23(8-6-22)32-28(34)19-38-29(35)14-13-27(33)31-24-9-11-25(12-10-24)39-26-17-20(2)16-21(3)18-26/h5-12,16-18H,4,13-15,19H2,1-3H3,(H,31,33)(H,32,34). The van der Waals surface area contributed by atoms with Crippen molar-refractivity contribution in [1.82, 2.24) is 0 Å². The van der Waals surface area contributed by atoms with Gasteiger partial charge in [0.2, 0.25) is 5.91 Å². The molecule has 0 radical (unpaired) electrons. The lowest BCUT2D eigenvalue weighted by Gasteiger charge is -2.10. The van der Waals surface area contributed by atoms with Gasteiger partial charge in [-0.25, -0.2) is 4.79 Å². The third-order valence-corrected chi connectivity index (χ3v) is 5.33. The molecule has 3 aromatic rings. The molecule has 0 atom stereocenters. The van der Waals surface area contributed by atoms with Crippen LogP contribution < -0.4 is 15.4 Å². The summed E-state index contributed by atoms with van der Waals surface area (Å²) in [5, 5.41) is 5.28. The van der Waals surface area contributed by atoms with Crippen LogP contribution in [0.25, 0.3) is 0 Å². The van der Waals surface area contributed by atoms with E-state index in [0.717, 1.165) is 23.3 Å². The molecule has 3 rings (SSSR count). The van der Waals surface area contributed by atoms with Crippen molar-refractivity contribution in [2.75, 3.05) is 23.8 Å². The van der Waals surface area contributed by atoms with Crippen LogP contribution in [0.5, 0.6) is 11.5 Å². The van der Waals surface area contributed by atoms with Gasteiger partial charge >= 0.3 is 11.9 Å². The van der Waals surface area contributed by atoms with Gasteiger partial charge in [0, 0.05) is 17.8 Å². The van der Waals surface area contributed by atoms with E-state index in [4.69, 9.17) is 14.2 Å². The number of esters is 2. The molecule has 3 aromatic carbocycles. The first-order valence-corrected chi connectivity index (χ1v) is 12.6. The molecule has 0 heterocycles. The lowest BCUT2D eigenvalue weighted by molar-refractivity contribution is -0.147. The zero-order valence-electron chi connectivity index (χ0n) is 22.2. The van der Waals surface area contributed by atoms with Crippen LogP contribution >= 0.6 is 0 Å². The Hall–Kier alpha value is -4.66. The number of nitrogens with one attached hydrogen (secondary N) is 2. The lowest BCUT2D eigenvalue weighted by atomic mass is 10.1. The minimum Gasteiger partial charge on any atom is -0.462 e. The van der Waals surface area contributed by atoms with Gasteiger partial charge in [0.05, 0.1) is 18.6 Å². The lowest BCUT2D eigenvalue weighted by Crippen LogP contribution is -2.21. The molecule has 0 fully saturated rings. The van der Waals surface area contributed by atoms with E-state index in [1.807, 2.05) is 32.9 Å². The van der Waals surface area contributed by atoms with Crippen LogP contribution in [-0.4, -0.2) is 37.0 Å². The van der Waals surface area contributed by atoms with Crippen molar-refractivity contribution in [3.8, 4) is 11.5 Å². The van der Waals surface area contributed by atoms with Gasteiger partial charge in [-0.15, -0.1) is 0 Å². The quantitative estimate of drug-likeness (QED) is 0.293. The van der Waals surface area contributed by atoms with E-state index in [-0.39, 0.29) is 18.7 Å². The number of hydrogen-bond donors (Lipinski definition) is 2. The largest absolute Gasteiger partial charge is 0.462 e. The average molecular weight is 533 g/mol. The van der Waals surface area contributed by atoms with Gasteiger partial charge in [-0.2, -0.15) is 0 Å². The summed E-state index contributed by atoms with van der Waals surface area (Å²) in [7, 11) is 0. The predicted molar refractivity (Wildman–Crippen MR) is 147 cm³/mol. The van der Waals surface area contributed by atoms with Crippen LogP contribution in [0, 0.1) is 13.8 Å². The van der Waals surface area contributed by atoms with Gasteiger partial charge in [0.1, 0.15) is 11.5 Å². The summed E-state index contributed by atoms with van der Waals surface area (Å²) in [6.45, 7) is 5.74. The summed E-state index contributed by atoms with van der Waals surface area (Å²) >= 11 is 0. The third kappa shape index (κ3) is 9.96. The Morgan fingerprint density at radius 2 is 1.28 bits per heavy atom. The van der Waals surface area contributed by atoms with Crippen LogP contribution in [-0.2, 0) is 23.9 Å². The number of anilines is 2. The molecule has 2 N–H and O–H groups in total. The molecule has 0 bridgehead atoms. The Labute approximate surface area is 227 Å². The normalized spacial score (nSPS) is 10.3. The molecule has 2 amide bonds. The van der Waals surface area contributed by atoms with E-state index in [1.54, 1.807) is 36.4 Å².